The van der Waals surface area contributed by atoms with Crippen molar-refractivity contribution in [2.24, 2.45) is 0 Å². The number of fused-ring (bicyclic) bond motifs is 8. The van der Waals surface area contributed by atoms with Crippen molar-refractivity contribution >= 4 is 54.3 Å². The first-order valence-corrected chi connectivity index (χ1v) is 14.2. The largest absolute Gasteiger partial charge is 0.454 e. The van der Waals surface area contributed by atoms with E-state index in [9.17, 15) is 0 Å². The summed E-state index contributed by atoms with van der Waals surface area (Å²) in [5.41, 5.74) is 4.15. The van der Waals surface area contributed by atoms with E-state index in [2.05, 4.69) is 77.8 Å². The number of pyridine rings is 1. The van der Waals surface area contributed by atoms with Gasteiger partial charge in [0.1, 0.15) is 5.58 Å². The summed E-state index contributed by atoms with van der Waals surface area (Å²) < 4.78 is 6.13. The molecule has 0 bridgehead atoms. The molecule has 5 heteroatoms. The molecule has 9 rings (SSSR count). The standard InChI is InChI=1S/C38H22N4O/c1-2-9-26(10-3-1)36-40-37(42-38(41-36)31-21-39-22-33-35(31)29-12-6-7-13-32(29)43-33)27-19-16-24-15-18-25-17-14-23-8-4-5-11-28(23)34(25)30(24)20-27/h1-22H. The van der Waals surface area contributed by atoms with Crippen molar-refractivity contribution in [1.82, 2.24) is 19.9 Å². The van der Waals surface area contributed by atoms with Crippen LogP contribution in [0, 0.1) is 0 Å². The Morgan fingerprint density at radius 3 is 1.93 bits per heavy atom. The van der Waals surface area contributed by atoms with Crippen molar-refractivity contribution in [3.8, 4) is 34.2 Å². The second kappa shape index (κ2) is 9.29. The van der Waals surface area contributed by atoms with E-state index in [1.165, 1.54) is 32.3 Å². The van der Waals surface area contributed by atoms with Crippen LogP contribution >= 0.6 is 0 Å². The summed E-state index contributed by atoms with van der Waals surface area (Å²) in [5.74, 6) is 1.76. The molecular weight excluding hydrogens is 528 g/mol. The summed E-state index contributed by atoms with van der Waals surface area (Å²) in [6.07, 6.45) is 3.57. The van der Waals surface area contributed by atoms with Crippen LogP contribution in [0.25, 0.3) is 88.4 Å². The number of furan rings is 1. The van der Waals surface area contributed by atoms with E-state index in [0.29, 0.717) is 23.1 Å². The van der Waals surface area contributed by atoms with Gasteiger partial charge in [-0.25, -0.2) is 15.0 Å². The molecule has 0 atom stereocenters. The minimum atomic E-state index is 0.553. The third kappa shape index (κ3) is 3.79. The molecule has 3 heterocycles. The van der Waals surface area contributed by atoms with E-state index in [0.717, 1.165) is 33.0 Å². The third-order valence-electron chi connectivity index (χ3n) is 8.18. The predicted molar refractivity (Wildman–Crippen MR) is 174 cm³/mol. The molecule has 0 aliphatic carbocycles. The van der Waals surface area contributed by atoms with Crippen molar-refractivity contribution in [2.75, 3.05) is 0 Å². The molecule has 200 valence electrons. The minimum absolute atomic E-state index is 0.553. The molecule has 0 fully saturated rings. The highest BCUT2D eigenvalue weighted by Crippen LogP contribution is 2.37. The van der Waals surface area contributed by atoms with Gasteiger partial charge in [-0.2, -0.15) is 0 Å². The fourth-order valence-corrected chi connectivity index (χ4v) is 6.15. The van der Waals surface area contributed by atoms with Gasteiger partial charge >= 0.3 is 0 Å². The maximum Gasteiger partial charge on any atom is 0.166 e. The highest BCUT2D eigenvalue weighted by Gasteiger charge is 2.18. The Morgan fingerprint density at radius 1 is 0.419 bits per heavy atom. The fourth-order valence-electron chi connectivity index (χ4n) is 6.15. The molecule has 3 aromatic heterocycles. The number of rotatable bonds is 3. The van der Waals surface area contributed by atoms with E-state index in [-0.39, 0.29) is 0 Å². The van der Waals surface area contributed by atoms with E-state index in [1.54, 1.807) is 6.20 Å². The van der Waals surface area contributed by atoms with Crippen LogP contribution < -0.4 is 0 Å². The maximum absolute atomic E-state index is 6.13. The Bertz CT molecular complexity index is 2510. The highest BCUT2D eigenvalue weighted by atomic mass is 16.3. The van der Waals surface area contributed by atoms with Crippen molar-refractivity contribution < 1.29 is 4.42 Å². The molecule has 0 saturated carbocycles. The van der Waals surface area contributed by atoms with E-state index in [1.807, 2.05) is 54.7 Å². The highest BCUT2D eigenvalue weighted by molar-refractivity contribution is 6.20. The summed E-state index contributed by atoms with van der Waals surface area (Å²) >= 11 is 0. The van der Waals surface area contributed by atoms with Gasteiger partial charge in [0.05, 0.1) is 6.20 Å². The number of hydrogen-bond donors (Lipinski definition) is 0. The Kier molecular flexibility index (Phi) is 5.13. The topological polar surface area (TPSA) is 64.7 Å². The van der Waals surface area contributed by atoms with E-state index in [4.69, 9.17) is 19.4 Å². The van der Waals surface area contributed by atoms with Gasteiger partial charge in [-0.15, -0.1) is 0 Å². The average molecular weight is 551 g/mol. The molecule has 0 saturated heterocycles. The first-order chi connectivity index (χ1) is 21.3. The number of benzene rings is 6. The Balaban J connectivity index is 1.33. The van der Waals surface area contributed by atoms with Crippen molar-refractivity contribution in [1.29, 1.82) is 0 Å². The van der Waals surface area contributed by atoms with Crippen LogP contribution in [0.5, 0.6) is 0 Å². The number of hydrogen-bond acceptors (Lipinski definition) is 5. The first kappa shape index (κ1) is 23.7. The predicted octanol–water partition coefficient (Wildman–Crippen LogP) is 9.63. The summed E-state index contributed by atoms with van der Waals surface area (Å²) in [5, 5.41) is 9.16. The van der Waals surface area contributed by atoms with Gasteiger partial charge in [0.2, 0.25) is 0 Å². The van der Waals surface area contributed by atoms with Crippen LogP contribution in [0.2, 0.25) is 0 Å². The van der Waals surface area contributed by atoms with E-state index < -0.39 is 0 Å². The molecule has 43 heavy (non-hydrogen) atoms. The smallest absolute Gasteiger partial charge is 0.166 e. The Hall–Kier alpha value is -5.94. The van der Waals surface area contributed by atoms with Gasteiger partial charge in [0.25, 0.3) is 0 Å². The van der Waals surface area contributed by atoms with Crippen molar-refractivity contribution in [2.45, 2.75) is 0 Å². The van der Waals surface area contributed by atoms with Crippen molar-refractivity contribution in [3.63, 3.8) is 0 Å². The molecule has 9 aromatic rings. The van der Waals surface area contributed by atoms with Crippen LogP contribution in [0.15, 0.2) is 138 Å². The minimum Gasteiger partial charge on any atom is -0.454 e. The zero-order valence-electron chi connectivity index (χ0n) is 22.9. The molecule has 0 spiro atoms. The van der Waals surface area contributed by atoms with Gasteiger partial charge in [0, 0.05) is 33.7 Å². The summed E-state index contributed by atoms with van der Waals surface area (Å²) in [4.78, 5) is 19.6. The zero-order valence-corrected chi connectivity index (χ0v) is 22.9. The van der Waals surface area contributed by atoms with Gasteiger partial charge in [-0.1, -0.05) is 109 Å². The second-order valence-corrected chi connectivity index (χ2v) is 10.7. The molecule has 0 unspecified atom stereocenters. The lowest BCUT2D eigenvalue weighted by atomic mass is 9.95. The SMILES string of the molecule is c1ccc(-c2nc(-c3ccc4ccc5ccc6ccccc6c5c4c3)nc(-c3cncc4oc5ccccc5c34)n2)cc1. The molecule has 0 radical (unpaired) electrons. The van der Waals surface area contributed by atoms with E-state index >= 15 is 0 Å². The molecule has 0 aliphatic heterocycles. The van der Waals surface area contributed by atoms with Crippen LogP contribution in [0.4, 0.5) is 0 Å². The number of aromatic nitrogens is 4. The fraction of sp³-hybridized carbons (Fsp3) is 0. The summed E-state index contributed by atoms with van der Waals surface area (Å²) in [6.45, 7) is 0. The summed E-state index contributed by atoms with van der Waals surface area (Å²) in [6, 6.07) is 41.8. The van der Waals surface area contributed by atoms with Crippen LogP contribution in [-0.2, 0) is 0 Å². The molecular formula is C38H22N4O. The Morgan fingerprint density at radius 2 is 1.07 bits per heavy atom. The number of para-hydroxylation sites is 1. The van der Waals surface area contributed by atoms with Crippen LogP contribution in [0.3, 0.4) is 0 Å². The average Bonchev–Trinajstić information content (AvgIpc) is 3.47. The lowest BCUT2D eigenvalue weighted by Gasteiger charge is -2.11. The monoisotopic (exact) mass is 550 g/mol. The number of nitrogens with zero attached hydrogens (tertiary/aromatic N) is 4. The van der Waals surface area contributed by atoms with Crippen molar-refractivity contribution in [3.05, 3.63) is 134 Å². The van der Waals surface area contributed by atoms with Crippen LogP contribution in [0.1, 0.15) is 0 Å². The van der Waals surface area contributed by atoms with Crippen LogP contribution in [-0.4, -0.2) is 19.9 Å². The lowest BCUT2D eigenvalue weighted by molar-refractivity contribution is 0.667. The molecule has 0 N–H and O–H groups in total. The molecule has 0 aliphatic rings. The van der Waals surface area contributed by atoms with Gasteiger partial charge in [-0.3, -0.25) is 4.98 Å². The molecule has 0 amide bonds. The lowest BCUT2D eigenvalue weighted by Crippen LogP contribution is -2.00. The maximum atomic E-state index is 6.13. The quantitative estimate of drug-likeness (QED) is 0.205. The molecule has 6 aromatic carbocycles. The second-order valence-electron chi connectivity index (χ2n) is 10.7. The van der Waals surface area contributed by atoms with Gasteiger partial charge in [0.15, 0.2) is 23.1 Å². The van der Waals surface area contributed by atoms with Gasteiger partial charge < -0.3 is 4.42 Å². The first-order valence-electron chi connectivity index (χ1n) is 14.2. The molecule has 5 nitrogen and oxygen atoms in total. The Labute approximate surface area is 246 Å². The zero-order chi connectivity index (χ0) is 28.3. The van der Waals surface area contributed by atoms with Gasteiger partial charge in [-0.05, 0) is 44.5 Å². The third-order valence-corrected chi connectivity index (χ3v) is 8.18. The normalized spacial score (nSPS) is 11.7. The summed E-state index contributed by atoms with van der Waals surface area (Å²) in [7, 11) is 0.